The summed E-state index contributed by atoms with van der Waals surface area (Å²) in [6.07, 6.45) is 2.07. The van der Waals surface area contributed by atoms with Crippen LogP contribution in [0.2, 0.25) is 0 Å². The van der Waals surface area contributed by atoms with Crippen molar-refractivity contribution in [3.63, 3.8) is 0 Å². The van der Waals surface area contributed by atoms with Gasteiger partial charge in [-0.05, 0) is 47.9 Å². The summed E-state index contributed by atoms with van der Waals surface area (Å²) in [6.45, 7) is 2.13. The molecule has 0 aliphatic rings. The second-order valence-electron chi connectivity index (χ2n) is 6.96. The summed E-state index contributed by atoms with van der Waals surface area (Å²) >= 11 is 0. The third-order valence-electron chi connectivity index (χ3n) is 4.75. The van der Waals surface area contributed by atoms with Gasteiger partial charge in [0.1, 0.15) is 12.4 Å². The van der Waals surface area contributed by atoms with Gasteiger partial charge in [0, 0.05) is 11.3 Å². The summed E-state index contributed by atoms with van der Waals surface area (Å²) in [7, 11) is 1.50. The fraction of sp³-hybridized carbons (Fsp3) is 0.160. The number of aryl methyl sites for hydroxylation is 1. The summed E-state index contributed by atoms with van der Waals surface area (Å²) < 4.78 is 24.3. The summed E-state index contributed by atoms with van der Waals surface area (Å²) in [5.41, 5.74) is 5.00. The van der Waals surface area contributed by atoms with Crippen molar-refractivity contribution < 1.29 is 23.5 Å². The van der Waals surface area contributed by atoms with Gasteiger partial charge < -0.3 is 14.8 Å². The number of rotatable bonds is 8. The molecule has 0 radical (unpaired) electrons. The highest BCUT2D eigenvalue weighted by Gasteiger charge is 2.15. The quantitative estimate of drug-likeness (QED) is 0.308. The van der Waals surface area contributed by atoms with Crippen LogP contribution in [-0.4, -0.2) is 25.1 Å². The zero-order valence-electron chi connectivity index (χ0n) is 18.3. The Morgan fingerprint density at radius 1 is 1.00 bits per heavy atom. The number of ether oxygens (including phenoxy) is 2. The number of nitrogens with one attached hydrogen (secondary N) is 2. The first-order valence-corrected chi connectivity index (χ1v) is 10.3. The number of halogens is 1. The maximum Gasteiger partial charge on any atom is 0.329 e. The van der Waals surface area contributed by atoms with E-state index in [1.807, 2.05) is 19.1 Å². The van der Waals surface area contributed by atoms with E-state index in [9.17, 15) is 14.0 Å². The molecular formula is C25H24FN3O4. The van der Waals surface area contributed by atoms with Crippen molar-refractivity contribution in [3.05, 3.63) is 89.2 Å². The second-order valence-corrected chi connectivity index (χ2v) is 6.96. The standard InChI is InChI=1S/C25H24FN3O4/c1-3-18-7-4-5-9-21(18)28-24(30)25(31)29-27-15-19-8-6-10-22(32-2)23(19)33-16-17-11-13-20(26)14-12-17/h4-15H,3,16H2,1-2H3,(H,28,30)(H,29,31)/b27-15-. The molecule has 33 heavy (non-hydrogen) atoms. The van der Waals surface area contributed by atoms with Crippen LogP contribution in [0.25, 0.3) is 0 Å². The largest absolute Gasteiger partial charge is 0.493 e. The van der Waals surface area contributed by atoms with E-state index in [4.69, 9.17) is 9.47 Å². The van der Waals surface area contributed by atoms with Gasteiger partial charge in [0.05, 0.1) is 13.3 Å². The van der Waals surface area contributed by atoms with E-state index in [0.29, 0.717) is 29.2 Å². The third kappa shape index (κ3) is 6.39. The lowest BCUT2D eigenvalue weighted by atomic mass is 10.1. The lowest BCUT2D eigenvalue weighted by molar-refractivity contribution is -0.136. The summed E-state index contributed by atoms with van der Waals surface area (Å²) in [5, 5.41) is 6.46. The maximum atomic E-state index is 13.1. The van der Waals surface area contributed by atoms with Crippen LogP contribution >= 0.6 is 0 Å². The number of hydrazone groups is 1. The van der Waals surface area contributed by atoms with Crippen LogP contribution in [-0.2, 0) is 22.6 Å². The van der Waals surface area contributed by atoms with Gasteiger partial charge in [-0.3, -0.25) is 9.59 Å². The van der Waals surface area contributed by atoms with Crippen LogP contribution in [0.1, 0.15) is 23.6 Å². The molecule has 3 aromatic rings. The molecule has 0 aliphatic heterocycles. The fourth-order valence-electron chi connectivity index (χ4n) is 3.03. The normalized spacial score (nSPS) is 10.6. The molecule has 0 aromatic heterocycles. The fourth-order valence-corrected chi connectivity index (χ4v) is 3.03. The lowest BCUT2D eigenvalue weighted by Gasteiger charge is -2.13. The Kier molecular flexibility index (Phi) is 8.13. The van der Waals surface area contributed by atoms with E-state index < -0.39 is 11.8 Å². The number of hydrogen-bond donors (Lipinski definition) is 2. The number of nitrogens with zero attached hydrogens (tertiary/aromatic N) is 1. The van der Waals surface area contributed by atoms with Crippen molar-refractivity contribution in [3.8, 4) is 11.5 Å². The number of amides is 2. The molecule has 0 spiro atoms. The van der Waals surface area contributed by atoms with Crippen molar-refractivity contribution >= 4 is 23.7 Å². The summed E-state index contributed by atoms with van der Waals surface area (Å²) in [4.78, 5) is 24.4. The monoisotopic (exact) mass is 449 g/mol. The van der Waals surface area contributed by atoms with Gasteiger partial charge in [-0.15, -0.1) is 0 Å². The topological polar surface area (TPSA) is 89.0 Å². The molecule has 0 bridgehead atoms. The predicted octanol–water partition coefficient (Wildman–Crippen LogP) is 4.06. The first-order valence-electron chi connectivity index (χ1n) is 10.3. The second kappa shape index (κ2) is 11.4. The molecule has 0 unspecified atom stereocenters. The number of hydrogen-bond acceptors (Lipinski definition) is 5. The number of carbonyl (C=O) groups is 2. The number of carbonyl (C=O) groups excluding carboxylic acids is 2. The zero-order valence-corrected chi connectivity index (χ0v) is 18.3. The Labute approximate surface area is 191 Å². The zero-order chi connectivity index (χ0) is 23.6. The average molecular weight is 449 g/mol. The van der Waals surface area contributed by atoms with Crippen LogP contribution in [0.4, 0.5) is 10.1 Å². The lowest BCUT2D eigenvalue weighted by Crippen LogP contribution is -2.32. The molecule has 0 saturated carbocycles. The molecule has 8 heteroatoms. The van der Waals surface area contributed by atoms with Gasteiger partial charge in [-0.25, -0.2) is 9.82 Å². The minimum absolute atomic E-state index is 0.174. The highest BCUT2D eigenvalue weighted by Crippen LogP contribution is 2.30. The van der Waals surface area contributed by atoms with Crippen LogP contribution in [0.5, 0.6) is 11.5 Å². The van der Waals surface area contributed by atoms with Gasteiger partial charge >= 0.3 is 11.8 Å². The van der Waals surface area contributed by atoms with Crippen LogP contribution < -0.4 is 20.2 Å². The van der Waals surface area contributed by atoms with Gasteiger partial charge in [0.25, 0.3) is 0 Å². The highest BCUT2D eigenvalue weighted by molar-refractivity contribution is 6.39. The predicted molar refractivity (Wildman–Crippen MR) is 124 cm³/mol. The number of para-hydroxylation sites is 2. The Bertz CT molecular complexity index is 1150. The number of methoxy groups -OCH3 is 1. The van der Waals surface area contributed by atoms with E-state index in [1.54, 1.807) is 42.5 Å². The molecule has 0 saturated heterocycles. The van der Waals surface area contributed by atoms with E-state index in [2.05, 4.69) is 15.8 Å². The average Bonchev–Trinajstić information content (AvgIpc) is 2.84. The van der Waals surface area contributed by atoms with Crippen molar-refractivity contribution in [1.82, 2.24) is 5.43 Å². The van der Waals surface area contributed by atoms with E-state index >= 15 is 0 Å². The Morgan fingerprint density at radius 2 is 1.76 bits per heavy atom. The van der Waals surface area contributed by atoms with Gasteiger partial charge in [0.2, 0.25) is 0 Å². The smallest absolute Gasteiger partial charge is 0.329 e. The Morgan fingerprint density at radius 3 is 2.48 bits per heavy atom. The molecule has 3 aromatic carbocycles. The minimum Gasteiger partial charge on any atom is -0.493 e. The summed E-state index contributed by atoms with van der Waals surface area (Å²) in [5.74, 6) is -1.22. The van der Waals surface area contributed by atoms with E-state index in [-0.39, 0.29) is 12.4 Å². The van der Waals surface area contributed by atoms with Gasteiger partial charge in [-0.1, -0.05) is 43.3 Å². The van der Waals surface area contributed by atoms with Crippen molar-refractivity contribution in [2.75, 3.05) is 12.4 Å². The van der Waals surface area contributed by atoms with Crippen molar-refractivity contribution in [2.24, 2.45) is 5.10 Å². The third-order valence-corrected chi connectivity index (χ3v) is 4.75. The Balaban J connectivity index is 1.66. The number of benzene rings is 3. The molecule has 7 nitrogen and oxygen atoms in total. The van der Waals surface area contributed by atoms with Crippen LogP contribution in [0.3, 0.4) is 0 Å². The number of anilines is 1. The first kappa shape index (κ1) is 23.5. The SMILES string of the molecule is CCc1ccccc1NC(=O)C(=O)N/N=C\c1cccc(OC)c1OCc1ccc(F)cc1. The molecular weight excluding hydrogens is 425 g/mol. The molecule has 2 N–H and O–H groups in total. The molecule has 0 aliphatic carbocycles. The van der Waals surface area contributed by atoms with Gasteiger partial charge in [0.15, 0.2) is 11.5 Å². The summed E-state index contributed by atoms with van der Waals surface area (Å²) in [6, 6.07) is 18.4. The molecule has 3 rings (SSSR count). The molecule has 2 amide bonds. The van der Waals surface area contributed by atoms with Crippen LogP contribution in [0, 0.1) is 5.82 Å². The maximum absolute atomic E-state index is 13.1. The van der Waals surface area contributed by atoms with Crippen LogP contribution in [0.15, 0.2) is 71.8 Å². The minimum atomic E-state index is -0.908. The molecule has 0 heterocycles. The van der Waals surface area contributed by atoms with Gasteiger partial charge in [-0.2, -0.15) is 5.10 Å². The highest BCUT2D eigenvalue weighted by atomic mass is 19.1. The molecule has 0 fully saturated rings. The van der Waals surface area contributed by atoms with E-state index in [1.165, 1.54) is 25.5 Å². The van der Waals surface area contributed by atoms with E-state index in [0.717, 1.165) is 11.1 Å². The first-order chi connectivity index (χ1) is 16.0. The Hall–Kier alpha value is -4.20. The molecule has 170 valence electrons. The molecule has 0 atom stereocenters. The van der Waals surface area contributed by atoms with Crippen molar-refractivity contribution in [1.29, 1.82) is 0 Å². The van der Waals surface area contributed by atoms with Crippen molar-refractivity contribution in [2.45, 2.75) is 20.0 Å².